The molecule has 1 aromatic heterocycles. The number of nitrogens with one attached hydrogen (secondary N) is 1. The molecule has 1 fully saturated rings. The molecule has 17 heavy (non-hydrogen) atoms. The minimum absolute atomic E-state index is 0.499. The largest absolute Gasteiger partial charge is 0.478 e. The van der Waals surface area contributed by atoms with Gasteiger partial charge in [0.2, 0.25) is 11.8 Å². The lowest BCUT2D eigenvalue weighted by Gasteiger charge is -2.14. The number of aryl methyl sites for hydroxylation is 1. The monoisotopic (exact) mass is 235 g/mol. The number of aromatic nitrogens is 2. The topological polar surface area (TPSA) is 47.0 Å². The molecule has 0 bridgehead atoms. The number of ether oxygens (including phenoxy) is 1. The van der Waals surface area contributed by atoms with Gasteiger partial charge in [-0.3, -0.25) is 0 Å². The van der Waals surface area contributed by atoms with E-state index in [9.17, 15) is 0 Å². The average molecular weight is 235 g/mol. The highest BCUT2D eigenvalue weighted by Gasteiger charge is 2.40. The molecule has 0 unspecified atom stereocenters. The Hall–Kier alpha value is -1.32. The number of rotatable bonds is 6. The minimum atomic E-state index is 0.499. The van der Waals surface area contributed by atoms with Crippen LogP contribution in [0.2, 0.25) is 0 Å². The third kappa shape index (κ3) is 3.08. The molecule has 2 rings (SSSR count). The lowest BCUT2D eigenvalue weighted by Crippen LogP contribution is -2.16. The summed E-state index contributed by atoms with van der Waals surface area (Å²) in [6.45, 7) is 7.77. The fourth-order valence-electron chi connectivity index (χ4n) is 1.94. The van der Waals surface area contributed by atoms with Gasteiger partial charge in [-0.1, -0.05) is 6.92 Å². The molecule has 1 aliphatic carbocycles. The lowest BCUT2D eigenvalue weighted by atomic mass is 10.0. The minimum Gasteiger partial charge on any atom is -0.478 e. The molecular formula is C13H21N3O. The maximum Gasteiger partial charge on any atom is 0.226 e. The molecule has 1 saturated carbocycles. The second kappa shape index (κ2) is 4.90. The van der Waals surface area contributed by atoms with Crippen LogP contribution in [-0.2, 0) is 0 Å². The van der Waals surface area contributed by atoms with E-state index in [0.29, 0.717) is 23.9 Å². The van der Waals surface area contributed by atoms with Crippen LogP contribution >= 0.6 is 0 Å². The highest BCUT2D eigenvalue weighted by Crippen LogP contribution is 2.48. The Morgan fingerprint density at radius 2 is 2.12 bits per heavy atom. The van der Waals surface area contributed by atoms with Gasteiger partial charge in [0.15, 0.2) is 0 Å². The van der Waals surface area contributed by atoms with Gasteiger partial charge in [-0.25, -0.2) is 4.98 Å². The first kappa shape index (κ1) is 12.1. The fraction of sp³-hybridized carbons (Fsp3) is 0.692. The summed E-state index contributed by atoms with van der Waals surface area (Å²) < 4.78 is 5.41. The first-order valence-electron chi connectivity index (χ1n) is 6.40. The number of hydrogen-bond donors (Lipinski definition) is 1. The van der Waals surface area contributed by atoms with Crippen LogP contribution in [0.15, 0.2) is 6.07 Å². The van der Waals surface area contributed by atoms with Gasteiger partial charge in [0.25, 0.3) is 0 Å². The van der Waals surface area contributed by atoms with E-state index in [1.54, 1.807) is 0 Å². The molecular weight excluding hydrogens is 214 g/mol. The Morgan fingerprint density at radius 1 is 1.35 bits per heavy atom. The average Bonchev–Trinajstić information content (AvgIpc) is 3.07. The number of nitrogens with zero attached hydrogens (tertiary/aromatic N) is 2. The molecule has 0 atom stereocenters. The van der Waals surface area contributed by atoms with Gasteiger partial charge >= 0.3 is 0 Å². The van der Waals surface area contributed by atoms with Gasteiger partial charge < -0.3 is 10.1 Å². The standard InChI is InChI=1S/C13H21N3O/c1-4-13(6-7-13)9-14-12-15-10(3)8-11(16-12)17-5-2/h8H,4-7,9H2,1-3H3,(H,14,15,16). The van der Waals surface area contributed by atoms with Crippen molar-refractivity contribution < 1.29 is 4.74 Å². The number of hydrogen-bond acceptors (Lipinski definition) is 4. The van der Waals surface area contributed by atoms with Crippen LogP contribution < -0.4 is 10.1 Å². The molecule has 4 nitrogen and oxygen atoms in total. The summed E-state index contributed by atoms with van der Waals surface area (Å²) in [6, 6.07) is 1.86. The predicted octanol–water partition coefficient (Wildman–Crippen LogP) is 2.79. The SMILES string of the molecule is CCOc1cc(C)nc(NCC2(CC)CC2)n1. The third-order valence-corrected chi connectivity index (χ3v) is 3.45. The third-order valence-electron chi connectivity index (χ3n) is 3.45. The molecule has 1 heterocycles. The predicted molar refractivity (Wildman–Crippen MR) is 68.4 cm³/mol. The second-order valence-corrected chi connectivity index (χ2v) is 4.81. The summed E-state index contributed by atoms with van der Waals surface area (Å²) in [4.78, 5) is 8.72. The molecule has 4 heteroatoms. The van der Waals surface area contributed by atoms with Crippen LogP contribution in [-0.4, -0.2) is 23.1 Å². The quantitative estimate of drug-likeness (QED) is 0.823. The van der Waals surface area contributed by atoms with E-state index >= 15 is 0 Å². The first-order chi connectivity index (χ1) is 8.17. The summed E-state index contributed by atoms with van der Waals surface area (Å²) in [7, 11) is 0. The van der Waals surface area contributed by atoms with E-state index in [1.807, 2.05) is 19.9 Å². The molecule has 0 aromatic carbocycles. The molecule has 94 valence electrons. The molecule has 0 amide bonds. The second-order valence-electron chi connectivity index (χ2n) is 4.81. The van der Waals surface area contributed by atoms with Gasteiger partial charge in [0.05, 0.1) is 6.61 Å². The van der Waals surface area contributed by atoms with Crippen molar-refractivity contribution >= 4 is 5.95 Å². The number of anilines is 1. The Labute approximate surface area is 103 Å². The highest BCUT2D eigenvalue weighted by atomic mass is 16.5. The van der Waals surface area contributed by atoms with E-state index in [2.05, 4.69) is 22.2 Å². The Kier molecular flexibility index (Phi) is 3.50. The van der Waals surface area contributed by atoms with E-state index < -0.39 is 0 Å². The molecule has 0 aliphatic heterocycles. The van der Waals surface area contributed by atoms with Crippen molar-refractivity contribution in [3.8, 4) is 5.88 Å². The smallest absolute Gasteiger partial charge is 0.226 e. The van der Waals surface area contributed by atoms with Crippen molar-refractivity contribution in [1.29, 1.82) is 0 Å². The first-order valence-corrected chi connectivity index (χ1v) is 6.40. The summed E-state index contributed by atoms with van der Waals surface area (Å²) >= 11 is 0. The van der Waals surface area contributed by atoms with Crippen molar-refractivity contribution in [2.45, 2.75) is 40.0 Å². The zero-order chi connectivity index (χ0) is 12.3. The van der Waals surface area contributed by atoms with Crippen LogP contribution in [0.1, 0.15) is 38.8 Å². The summed E-state index contributed by atoms with van der Waals surface area (Å²) in [5, 5.41) is 3.34. The van der Waals surface area contributed by atoms with Crippen molar-refractivity contribution in [1.82, 2.24) is 9.97 Å². The zero-order valence-corrected chi connectivity index (χ0v) is 10.9. The van der Waals surface area contributed by atoms with E-state index in [0.717, 1.165) is 12.2 Å². The molecule has 1 aliphatic rings. The lowest BCUT2D eigenvalue weighted by molar-refractivity contribution is 0.326. The van der Waals surface area contributed by atoms with Gasteiger partial charge in [-0.2, -0.15) is 4.98 Å². The molecule has 1 aromatic rings. The van der Waals surface area contributed by atoms with Gasteiger partial charge in [-0.05, 0) is 38.5 Å². The van der Waals surface area contributed by atoms with Crippen LogP contribution in [0.25, 0.3) is 0 Å². The van der Waals surface area contributed by atoms with Crippen LogP contribution in [0, 0.1) is 12.3 Å². The zero-order valence-electron chi connectivity index (χ0n) is 10.9. The highest BCUT2D eigenvalue weighted by molar-refractivity contribution is 5.31. The van der Waals surface area contributed by atoms with Crippen molar-refractivity contribution in [2.75, 3.05) is 18.5 Å². The summed E-state index contributed by atoms with van der Waals surface area (Å²) in [5.74, 6) is 1.34. The van der Waals surface area contributed by atoms with Crippen molar-refractivity contribution in [2.24, 2.45) is 5.41 Å². The van der Waals surface area contributed by atoms with E-state index in [1.165, 1.54) is 19.3 Å². The van der Waals surface area contributed by atoms with Crippen LogP contribution in [0.5, 0.6) is 5.88 Å². The van der Waals surface area contributed by atoms with Crippen molar-refractivity contribution in [3.63, 3.8) is 0 Å². The molecule has 1 N–H and O–H groups in total. The molecule has 0 saturated heterocycles. The normalized spacial score (nSPS) is 16.6. The maximum absolute atomic E-state index is 5.41. The van der Waals surface area contributed by atoms with Crippen LogP contribution in [0.4, 0.5) is 5.95 Å². The molecule has 0 spiro atoms. The Morgan fingerprint density at radius 3 is 2.71 bits per heavy atom. The van der Waals surface area contributed by atoms with Gasteiger partial charge in [0.1, 0.15) is 0 Å². The van der Waals surface area contributed by atoms with Gasteiger partial charge in [-0.15, -0.1) is 0 Å². The van der Waals surface area contributed by atoms with Crippen LogP contribution in [0.3, 0.4) is 0 Å². The van der Waals surface area contributed by atoms with Crippen molar-refractivity contribution in [3.05, 3.63) is 11.8 Å². The molecule has 0 radical (unpaired) electrons. The van der Waals surface area contributed by atoms with Gasteiger partial charge in [0, 0.05) is 18.3 Å². The maximum atomic E-state index is 5.41. The summed E-state index contributed by atoms with van der Waals surface area (Å²) in [5.41, 5.74) is 1.44. The Balaban J connectivity index is 2.00. The fourth-order valence-corrected chi connectivity index (χ4v) is 1.94. The Bertz CT molecular complexity index is 388. The van der Waals surface area contributed by atoms with E-state index in [-0.39, 0.29) is 0 Å². The summed E-state index contributed by atoms with van der Waals surface area (Å²) in [6.07, 6.45) is 3.87. The van der Waals surface area contributed by atoms with E-state index in [4.69, 9.17) is 4.74 Å².